The Bertz CT molecular complexity index is 427. The maximum absolute atomic E-state index is 10.3. The molecule has 0 aromatic heterocycles. The summed E-state index contributed by atoms with van der Waals surface area (Å²) in [5.41, 5.74) is 0.927. The van der Waals surface area contributed by atoms with Gasteiger partial charge in [0.15, 0.2) is 0 Å². The number of hydrogen-bond acceptors (Lipinski definition) is 2. The summed E-state index contributed by atoms with van der Waals surface area (Å²) in [6.07, 6.45) is 7.06. The van der Waals surface area contributed by atoms with E-state index in [-0.39, 0.29) is 12.2 Å². The van der Waals surface area contributed by atoms with E-state index in [1.54, 1.807) is 0 Å². The van der Waals surface area contributed by atoms with Crippen molar-refractivity contribution >= 4 is 15.9 Å². The Balaban J connectivity index is 1.80. The van der Waals surface area contributed by atoms with Gasteiger partial charge in [-0.2, -0.15) is 0 Å². The van der Waals surface area contributed by atoms with E-state index in [1.165, 1.54) is 32.1 Å². The first kappa shape index (κ1) is 12.5. The fourth-order valence-electron chi connectivity index (χ4n) is 3.24. The Morgan fingerprint density at radius 2 is 1.94 bits per heavy atom. The van der Waals surface area contributed by atoms with Gasteiger partial charge in [-0.05, 0) is 37.0 Å². The molecule has 1 N–H and O–H groups in total. The fraction of sp³-hybridized carbons (Fsp3) is 0.600. The molecule has 3 heteroatoms. The highest BCUT2D eigenvalue weighted by Gasteiger charge is 2.33. The third-order valence-corrected chi connectivity index (χ3v) is 4.73. The summed E-state index contributed by atoms with van der Waals surface area (Å²) in [5, 5.41) is 10.3. The van der Waals surface area contributed by atoms with Crippen molar-refractivity contribution in [3.05, 3.63) is 28.2 Å². The zero-order valence-electron chi connectivity index (χ0n) is 10.4. The van der Waals surface area contributed by atoms with Crippen molar-refractivity contribution in [2.24, 2.45) is 5.92 Å². The van der Waals surface area contributed by atoms with E-state index in [9.17, 15) is 5.11 Å². The van der Waals surface area contributed by atoms with Gasteiger partial charge in [0.2, 0.25) is 0 Å². The van der Waals surface area contributed by atoms with Gasteiger partial charge in [0.05, 0.1) is 6.10 Å². The molecule has 0 radical (unpaired) electrons. The zero-order valence-corrected chi connectivity index (χ0v) is 12.0. The Kier molecular flexibility index (Phi) is 3.62. The molecule has 0 saturated heterocycles. The lowest BCUT2D eigenvalue weighted by Crippen LogP contribution is -2.34. The van der Waals surface area contributed by atoms with E-state index in [1.807, 2.05) is 18.2 Å². The van der Waals surface area contributed by atoms with E-state index in [0.717, 1.165) is 22.2 Å². The second-order valence-electron chi connectivity index (χ2n) is 5.49. The molecule has 1 aliphatic heterocycles. The van der Waals surface area contributed by atoms with Crippen LogP contribution in [0.5, 0.6) is 5.75 Å². The number of aliphatic hydroxyl groups excluding tert-OH is 1. The first-order valence-electron chi connectivity index (χ1n) is 6.88. The van der Waals surface area contributed by atoms with Crippen LogP contribution >= 0.6 is 15.9 Å². The van der Waals surface area contributed by atoms with Gasteiger partial charge in [-0.25, -0.2) is 0 Å². The van der Waals surface area contributed by atoms with Crippen LogP contribution in [0, 0.1) is 5.92 Å². The number of halogens is 1. The number of benzene rings is 1. The zero-order chi connectivity index (χ0) is 12.5. The molecule has 0 amide bonds. The van der Waals surface area contributed by atoms with Crippen LogP contribution in [-0.4, -0.2) is 11.2 Å². The molecule has 2 aliphatic rings. The van der Waals surface area contributed by atoms with Crippen molar-refractivity contribution in [1.82, 2.24) is 0 Å². The summed E-state index contributed by atoms with van der Waals surface area (Å²) in [6, 6.07) is 5.92. The molecule has 2 atom stereocenters. The average molecular weight is 311 g/mol. The van der Waals surface area contributed by atoms with Crippen LogP contribution in [0.4, 0.5) is 0 Å². The summed E-state index contributed by atoms with van der Waals surface area (Å²) in [7, 11) is 0. The van der Waals surface area contributed by atoms with Crippen LogP contribution in [0.15, 0.2) is 22.7 Å². The van der Waals surface area contributed by atoms with Gasteiger partial charge < -0.3 is 9.84 Å². The van der Waals surface area contributed by atoms with Gasteiger partial charge in [0, 0.05) is 16.5 Å². The molecular formula is C15H19BrO2. The Labute approximate surface area is 116 Å². The van der Waals surface area contributed by atoms with Crippen molar-refractivity contribution in [3.8, 4) is 5.75 Å². The number of ether oxygens (including phenoxy) is 1. The molecule has 0 bridgehead atoms. The number of fused-ring (bicyclic) bond motifs is 1. The Hall–Kier alpha value is -0.540. The van der Waals surface area contributed by atoms with Gasteiger partial charge in [0.25, 0.3) is 0 Å². The van der Waals surface area contributed by atoms with E-state index >= 15 is 0 Å². The summed E-state index contributed by atoms with van der Waals surface area (Å²) in [5.74, 6) is 1.50. The third-order valence-electron chi connectivity index (χ3n) is 4.24. The number of hydrogen-bond donors (Lipinski definition) is 1. The smallest absolute Gasteiger partial charge is 0.125 e. The molecule has 1 aliphatic carbocycles. The van der Waals surface area contributed by atoms with Crippen molar-refractivity contribution in [1.29, 1.82) is 0 Å². The van der Waals surface area contributed by atoms with Crippen LogP contribution in [-0.2, 0) is 0 Å². The molecule has 18 heavy (non-hydrogen) atoms. The quantitative estimate of drug-likeness (QED) is 0.841. The molecule has 98 valence electrons. The van der Waals surface area contributed by atoms with Gasteiger partial charge in [-0.15, -0.1) is 0 Å². The topological polar surface area (TPSA) is 29.5 Å². The molecule has 1 saturated carbocycles. The average Bonchev–Trinajstić information content (AvgIpc) is 2.40. The first-order chi connectivity index (χ1) is 8.74. The molecule has 2 nitrogen and oxygen atoms in total. The summed E-state index contributed by atoms with van der Waals surface area (Å²) < 4.78 is 7.12. The second kappa shape index (κ2) is 5.22. The minimum Gasteiger partial charge on any atom is -0.490 e. The van der Waals surface area contributed by atoms with Gasteiger partial charge >= 0.3 is 0 Å². The summed E-state index contributed by atoms with van der Waals surface area (Å²) >= 11 is 3.44. The van der Waals surface area contributed by atoms with Crippen molar-refractivity contribution < 1.29 is 9.84 Å². The Morgan fingerprint density at radius 3 is 2.72 bits per heavy atom. The molecule has 1 unspecified atom stereocenters. The highest BCUT2D eigenvalue weighted by molar-refractivity contribution is 9.10. The maximum Gasteiger partial charge on any atom is 0.125 e. The fourth-order valence-corrected chi connectivity index (χ4v) is 3.62. The van der Waals surface area contributed by atoms with Gasteiger partial charge in [-0.1, -0.05) is 35.2 Å². The lowest BCUT2D eigenvalue weighted by Gasteiger charge is -2.36. The van der Waals surface area contributed by atoms with Crippen LogP contribution in [0.25, 0.3) is 0 Å². The van der Waals surface area contributed by atoms with Crippen LogP contribution in [0.2, 0.25) is 0 Å². The first-order valence-corrected chi connectivity index (χ1v) is 7.67. The number of aliphatic hydroxyl groups is 1. The monoisotopic (exact) mass is 310 g/mol. The number of rotatable bonds is 1. The standard InChI is InChI=1S/C15H19BrO2/c16-11-6-7-14-12(8-11)13(17)9-15(18-14)10-4-2-1-3-5-10/h6-8,10,13,15,17H,1-5,9H2/t13-,15?/m0/s1. The molecule has 1 heterocycles. The van der Waals surface area contributed by atoms with E-state index in [4.69, 9.17) is 4.74 Å². The largest absolute Gasteiger partial charge is 0.490 e. The minimum absolute atomic E-state index is 0.203. The Morgan fingerprint density at radius 1 is 1.17 bits per heavy atom. The lowest BCUT2D eigenvalue weighted by atomic mass is 9.81. The summed E-state index contributed by atoms with van der Waals surface area (Å²) in [6.45, 7) is 0. The minimum atomic E-state index is -0.377. The molecular weight excluding hydrogens is 292 g/mol. The molecule has 0 spiro atoms. The van der Waals surface area contributed by atoms with Crippen molar-refractivity contribution in [3.63, 3.8) is 0 Å². The van der Waals surface area contributed by atoms with Crippen LogP contribution < -0.4 is 4.74 Å². The maximum atomic E-state index is 10.3. The SMILES string of the molecule is O[C@H]1CC(C2CCCCC2)Oc2ccc(Br)cc21. The van der Waals surface area contributed by atoms with Crippen LogP contribution in [0.1, 0.15) is 50.2 Å². The van der Waals surface area contributed by atoms with E-state index < -0.39 is 0 Å². The second-order valence-corrected chi connectivity index (χ2v) is 6.40. The third kappa shape index (κ3) is 2.43. The van der Waals surface area contributed by atoms with E-state index in [0.29, 0.717) is 5.92 Å². The van der Waals surface area contributed by atoms with Crippen molar-refractivity contribution in [2.75, 3.05) is 0 Å². The molecule has 1 fully saturated rings. The summed E-state index contributed by atoms with van der Waals surface area (Å²) in [4.78, 5) is 0. The normalized spacial score (nSPS) is 28.6. The van der Waals surface area contributed by atoms with Crippen LogP contribution in [0.3, 0.4) is 0 Å². The van der Waals surface area contributed by atoms with Gasteiger partial charge in [-0.3, -0.25) is 0 Å². The predicted molar refractivity (Wildman–Crippen MR) is 74.7 cm³/mol. The molecule has 3 rings (SSSR count). The molecule has 1 aromatic carbocycles. The lowest BCUT2D eigenvalue weighted by molar-refractivity contribution is 0.0233. The van der Waals surface area contributed by atoms with Gasteiger partial charge in [0.1, 0.15) is 11.9 Å². The molecule has 1 aromatic rings. The predicted octanol–water partition coefficient (Wildman–Crippen LogP) is 4.21. The van der Waals surface area contributed by atoms with E-state index in [2.05, 4.69) is 15.9 Å². The highest BCUT2D eigenvalue weighted by atomic mass is 79.9. The highest BCUT2D eigenvalue weighted by Crippen LogP contribution is 2.41. The van der Waals surface area contributed by atoms with Crippen molar-refractivity contribution in [2.45, 2.75) is 50.7 Å².